The number of piperidine rings is 1. The molecule has 0 unspecified atom stereocenters. The summed E-state index contributed by atoms with van der Waals surface area (Å²) in [6.45, 7) is 2.02. The fraction of sp³-hybridized carbons (Fsp3) is 0.381. The van der Waals surface area contributed by atoms with E-state index >= 15 is 0 Å². The minimum Gasteiger partial charge on any atom is -0.385 e. The van der Waals surface area contributed by atoms with Gasteiger partial charge in [-0.2, -0.15) is 26.3 Å². The third-order valence-corrected chi connectivity index (χ3v) is 5.36. The summed E-state index contributed by atoms with van der Waals surface area (Å²) in [4.78, 5) is 13.7. The number of rotatable bonds is 2. The zero-order valence-electron chi connectivity index (χ0n) is 16.4. The number of urea groups is 1. The van der Waals surface area contributed by atoms with E-state index in [0.29, 0.717) is 12.1 Å². The van der Waals surface area contributed by atoms with Crippen LogP contribution in [0.2, 0.25) is 0 Å². The Balaban J connectivity index is 1.75. The lowest BCUT2D eigenvalue weighted by Gasteiger charge is -2.39. The van der Waals surface area contributed by atoms with Crippen LogP contribution in [0.25, 0.3) is 0 Å². The lowest BCUT2D eigenvalue weighted by atomic mass is 9.82. The van der Waals surface area contributed by atoms with Crippen LogP contribution in [0.1, 0.15) is 35.1 Å². The van der Waals surface area contributed by atoms with E-state index in [1.807, 2.05) is 19.1 Å². The average Bonchev–Trinajstić information content (AvgIpc) is 2.67. The molecule has 1 aliphatic heterocycles. The van der Waals surface area contributed by atoms with Crippen molar-refractivity contribution < 1.29 is 36.2 Å². The van der Waals surface area contributed by atoms with Crippen LogP contribution in [-0.2, 0) is 18.0 Å². The van der Waals surface area contributed by atoms with Crippen LogP contribution in [0.15, 0.2) is 42.5 Å². The van der Waals surface area contributed by atoms with E-state index in [1.54, 1.807) is 12.1 Å². The van der Waals surface area contributed by atoms with E-state index in [1.165, 1.54) is 4.90 Å². The summed E-state index contributed by atoms with van der Waals surface area (Å²) in [5.41, 5.74) is -3.18. The van der Waals surface area contributed by atoms with Gasteiger partial charge in [0.05, 0.1) is 16.7 Å². The van der Waals surface area contributed by atoms with E-state index in [-0.39, 0.29) is 32.0 Å². The molecule has 168 valence electrons. The van der Waals surface area contributed by atoms with Gasteiger partial charge in [-0.15, -0.1) is 0 Å². The van der Waals surface area contributed by atoms with Gasteiger partial charge in [0.25, 0.3) is 0 Å². The van der Waals surface area contributed by atoms with Crippen LogP contribution in [0.5, 0.6) is 0 Å². The monoisotopic (exact) mass is 446 g/mol. The Bertz CT molecular complexity index is 931. The molecule has 2 N–H and O–H groups in total. The van der Waals surface area contributed by atoms with Crippen molar-refractivity contribution in [3.63, 3.8) is 0 Å². The van der Waals surface area contributed by atoms with Crippen LogP contribution in [-0.4, -0.2) is 29.1 Å². The first-order valence-electron chi connectivity index (χ1n) is 9.43. The Labute approximate surface area is 174 Å². The van der Waals surface area contributed by atoms with E-state index in [2.05, 4.69) is 5.32 Å². The summed E-state index contributed by atoms with van der Waals surface area (Å²) in [7, 11) is 0. The number of anilines is 1. The molecule has 3 rings (SSSR count). The second kappa shape index (κ2) is 8.07. The van der Waals surface area contributed by atoms with E-state index < -0.39 is 40.8 Å². The van der Waals surface area contributed by atoms with Gasteiger partial charge in [-0.3, -0.25) is 0 Å². The van der Waals surface area contributed by atoms with Crippen molar-refractivity contribution in [3.05, 3.63) is 64.7 Å². The second-order valence-corrected chi connectivity index (χ2v) is 7.56. The molecule has 2 aromatic carbocycles. The Morgan fingerprint density at radius 2 is 1.48 bits per heavy atom. The zero-order valence-corrected chi connectivity index (χ0v) is 16.4. The number of hydrogen-bond donors (Lipinski definition) is 2. The highest BCUT2D eigenvalue weighted by Gasteiger charge is 2.38. The molecule has 0 aliphatic carbocycles. The number of hydrogen-bond acceptors (Lipinski definition) is 2. The summed E-state index contributed by atoms with van der Waals surface area (Å²) in [6.07, 6.45) is -9.64. The zero-order chi connectivity index (χ0) is 23.0. The maximum atomic E-state index is 13.0. The molecule has 0 atom stereocenters. The minimum absolute atomic E-state index is 0.00113. The number of aliphatic hydroxyl groups is 1. The average molecular weight is 446 g/mol. The number of amides is 2. The smallest absolute Gasteiger partial charge is 0.385 e. The van der Waals surface area contributed by atoms with E-state index in [4.69, 9.17) is 0 Å². The number of nitrogens with zero attached hydrogens (tertiary/aromatic N) is 1. The Morgan fingerprint density at radius 3 is 1.97 bits per heavy atom. The van der Waals surface area contributed by atoms with Crippen molar-refractivity contribution in [1.29, 1.82) is 0 Å². The second-order valence-electron chi connectivity index (χ2n) is 7.56. The van der Waals surface area contributed by atoms with Crippen LogP contribution in [0.3, 0.4) is 0 Å². The summed E-state index contributed by atoms with van der Waals surface area (Å²) in [6, 6.07) is 7.32. The molecule has 0 saturated carbocycles. The number of benzene rings is 2. The largest absolute Gasteiger partial charge is 0.416 e. The first-order chi connectivity index (χ1) is 14.3. The number of aryl methyl sites for hydroxylation is 1. The minimum atomic E-state index is -5.00. The predicted octanol–water partition coefficient (Wildman–Crippen LogP) is 5.55. The van der Waals surface area contributed by atoms with Gasteiger partial charge in [-0.25, -0.2) is 4.79 Å². The number of carbonyl (C=O) groups is 1. The third-order valence-electron chi connectivity index (χ3n) is 5.36. The lowest BCUT2D eigenvalue weighted by molar-refractivity contribution is -0.143. The van der Waals surface area contributed by atoms with Gasteiger partial charge in [0.15, 0.2) is 0 Å². The van der Waals surface area contributed by atoms with Crippen molar-refractivity contribution in [1.82, 2.24) is 4.90 Å². The molecule has 2 aromatic rings. The van der Waals surface area contributed by atoms with Crippen LogP contribution >= 0.6 is 0 Å². The highest BCUT2D eigenvalue weighted by Crippen LogP contribution is 2.38. The molecule has 2 amide bonds. The first-order valence-corrected chi connectivity index (χ1v) is 9.43. The van der Waals surface area contributed by atoms with Gasteiger partial charge in [-0.1, -0.05) is 24.3 Å². The standard InChI is InChI=1S/C21H20F6N2O2/c1-13-4-2-3-5-17(13)19(31)6-8-29(9-7-19)18(30)28-16-11-14(20(22,23)24)10-15(12-16)21(25,26)27/h2-5,10-12,31H,6-9H2,1H3,(H,28,30). The molecular formula is C21H20F6N2O2. The molecule has 1 fully saturated rings. The molecule has 0 aromatic heterocycles. The number of halogens is 6. The highest BCUT2D eigenvalue weighted by molar-refractivity contribution is 5.89. The fourth-order valence-corrected chi connectivity index (χ4v) is 3.67. The maximum absolute atomic E-state index is 13.0. The maximum Gasteiger partial charge on any atom is 0.416 e. The lowest BCUT2D eigenvalue weighted by Crippen LogP contribution is -2.47. The van der Waals surface area contributed by atoms with Crippen molar-refractivity contribution >= 4 is 11.7 Å². The molecule has 31 heavy (non-hydrogen) atoms. The quantitative estimate of drug-likeness (QED) is 0.595. The van der Waals surface area contributed by atoms with Gasteiger partial charge in [0.2, 0.25) is 0 Å². The Kier molecular flexibility index (Phi) is 5.96. The summed E-state index contributed by atoms with van der Waals surface area (Å²) in [5.74, 6) is 0. The molecule has 0 spiro atoms. The molecule has 1 saturated heterocycles. The number of alkyl halides is 6. The molecular weight excluding hydrogens is 426 g/mol. The molecule has 4 nitrogen and oxygen atoms in total. The Hall–Kier alpha value is -2.75. The molecule has 1 heterocycles. The summed E-state index contributed by atoms with van der Waals surface area (Å²) >= 11 is 0. The van der Waals surface area contributed by atoms with Crippen LogP contribution in [0, 0.1) is 6.92 Å². The fourth-order valence-electron chi connectivity index (χ4n) is 3.67. The number of likely N-dealkylation sites (tertiary alicyclic amines) is 1. The highest BCUT2D eigenvalue weighted by atomic mass is 19.4. The summed E-state index contributed by atoms with van der Waals surface area (Å²) in [5, 5.41) is 13.1. The number of nitrogens with one attached hydrogen (secondary N) is 1. The van der Waals surface area contributed by atoms with Crippen molar-refractivity contribution in [2.45, 2.75) is 37.7 Å². The predicted molar refractivity (Wildman–Crippen MR) is 101 cm³/mol. The third kappa shape index (κ3) is 5.12. The van der Waals surface area contributed by atoms with E-state index in [9.17, 15) is 36.2 Å². The topological polar surface area (TPSA) is 52.6 Å². The van der Waals surface area contributed by atoms with Gasteiger partial charge in [0, 0.05) is 18.8 Å². The van der Waals surface area contributed by atoms with Gasteiger partial charge in [0.1, 0.15) is 0 Å². The summed E-state index contributed by atoms with van der Waals surface area (Å²) < 4.78 is 77.9. The van der Waals surface area contributed by atoms with Crippen molar-refractivity contribution in [3.8, 4) is 0 Å². The normalized spacial score (nSPS) is 16.8. The SMILES string of the molecule is Cc1ccccc1C1(O)CCN(C(=O)Nc2cc(C(F)(F)F)cc(C(F)(F)F)c2)CC1. The van der Waals surface area contributed by atoms with Crippen molar-refractivity contribution in [2.24, 2.45) is 0 Å². The molecule has 0 radical (unpaired) electrons. The van der Waals surface area contributed by atoms with E-state index in [0.717, 1.165) is 11.1 Å². The molecule has 0 bridgehead atoms. The van der Waals surface area contributed by atoms with Gasteiger partial charge in [-0.05, 0) is 49.1 Å². The molecule has 10 heteroatoms. The van der Waals surface area contributed by atoms with Crippen LogP contribution in [0.4, 0.5) is 36.8 Å². The Morgan fingerprint density at radius 1 is 0.968 bits per heavy atom. The molecule has 1 aliphatic rings. The van der Waals surface area contributed by atoms with Crippen molar-refractivity contribution in [2.75, 3.05) is 18.4 Å². The number of carbonyl (C=O) groups excluding carboxylic acids is 1. The van der Waals surface area contributed by atoms with Gasteiger partial charge >= 0.3 is 18.4 Å². The first kappa shape index (κ1) is 22.9. The van der Waals surface area contributed by atoms with Gasteiger partial charge < -0.3 is 15.3 Å². The van der Waals surface area contributed by atoms with Crippen LogP contribution < -0.4 is 5.32 Å².